The first-order valence-corrected chi connectivity index (χ1v) is 8.24. The van der Waals surface area contributed by atoms with Crippen molar-refractivity contribution in [1.82, 2.24) is 9.88 Å². The van der Waals surface area contributed by atoms with Gasteiger partial charge in [-0.15, -0.1) is 11.3 Å². The number of rotatable bonds is 5. The highest BCUT2D eigenvalue weighted by Gasteiger charge is 2.23. The molecule has 0 atom stereocenters. The summed E-state index contributed by atoms with van der Waals surface area (Å²) in [5.74, 6) is -0.138. The van der Waals surface area contributed by atoms with Crippen LogP contribution in [0.2, 0.25) is 0 Å². The predicted molar refractivity (Wildman–Crippen MR) is 88.2 cm³/mol. The maximum Gasteiger partial charge on any atom is 0.244 e. The number of amides is 2. The number of aromatic nitrogens is 1. The Hall–Kier alpha value is -2.15. The van der Waals surface area contributed by atoms with Crippen LogP contribution < -0.4 is 10.6 Å². The summed E-state index contributed by atoms with van der Waals surface area (Å²) < 4.78 is 1.02. The predicted octanol–water partition coefficient (Wildman–Crippen LogP) is 2.29. The van der Waals surface area contributed by atoms with E-state index in [-0.39, 0.29) is 18.4 Å². The number of fused-ring (bicyclic) bond motifs is 1. The van der Waals surface area contributed by atoms with E-state index < -0.39 is 0 Å². The van der Waals surface area contributed by atoms with Gasteiger partial charge in [0.2, 0.25) is 11.8 Å². The molecule has 1 fully saturated rings. The second kappa shape index (κ2) is 6.31. The molecule has 0 aliphatic carbocycles. The van der Waals surface area contributed by atoms with Crippen LogP contribution in [0.1, 0.15) is 19.8 Å². The first kappa shape index (κ1) is 14.8. The minimum atomic E-state index is -0.188. The van der Waals surface area contributed by atoms with Crippen LogP contribution in [0.5, 0.6) is 0 Å². The van der Waals surface area contributed by atoms with Crippen molar-refractivity contribution in [2.75, 3.05) is 30.3 Å². The number of thiophene rings is 1. The minimum Gasteiger partial charge on any atom is -0.382 e. The molecule has 0 spiro atoms. The molecule has 2 aromatic heterocycles. The van der Waals surface area contributed by atoms with Crippen molar-refractivity contribution >= 4 is 44.7 Å². The van der Waals surface area contributed by atoms with Crippen LogP contribution in [0.3, 0.4) is 0 Å². The molecular formula is C15H18N4O2S. The van der Waals surface area contributed by atoms with Crippen LogP contribution in [0, 0.1) is 0 Å². The summed E-state index contributed by atoms with van der Waals surface area (Å²) in [5, 5.41) is 8.14. The van der Waals surface area contributed by atoms with Gasteiger partial charge in [-0.3, -0.25) is 14.6 Å². The zero-order valence-corrected chi connectivity index (χ0v) is 13.2. The van der Waals surface area contributed by atoms with Crippen molar-refractivity contribution < 1.29 is 9.59 Å². The molecule has 6 nitrogen and oxygen atoms in total. The third kappa shape index (κ3) is 2.89. The van der Waals surface area contributed by atoms with Gasteiger partial charge in [0.15, 0.2) is 0 Å². The summed E-state index contributed by atoms with van der Waals surface area (Å²) >= 11 is 1.59. The zero-order valence-electron chi connectivity index (χ0n) is 12.4. The number of hydrogen-bond acceptors (Lipinski definition) is 5. The van der Waals surface area contributed by atoms with Crippen LogP contribution in [0.15, 0.2) is 17.6 Å². The summed E-state index contributed by atoms with van der Waals surface area (Å²) in [6.07, 6.45) is 3.03. The van der Waals surface area contributed by atoms with Gasteiger partial charge in [-0.1, -0.05) is 0 Å². The highest BCUT2D eigenvalue weighted by Crippen LogP contribution is 2.33. The Morgan fingerprint density at radius 2 is 2.36 bits per heavy atom. The van der Waals surface area contributed by atoms with Crippen LogP contribution in [-0.4, -0.2) is 41.3 Å². The van der Waals surface area contributed by atoms with Gasteiger partial charge in [0.05, 0.1) is 34.3 Å². The molecule has 3 heterocycles. The third-order valence-corrected chi connectivity index (χ3v) is 4.53. The Kier molecular flexibility index (Phi) is 4.24. The molecule has 3 rings (SSSR count). The monoisotopic (exact) mass is 318 g/mol. The quantitative estimate of drug-likeness (QED) is 0.887. The maximum absolute atomic E-state index is 12.2. The maximum atomic E-state index is 12.2. The van der Waals surface area contributed by atoms with E-state index in [2.05, 4.69) is 15.6 Å². The first-order chi connectivity index (χ1) is 10.7. The number of carbonyl (C=O) groups excluding carboxylic acids is 2. The largest absolute Gasteiger partial charge is 0.382 e. The van der Waals surface area contributed by atoms with Gasteiger partial charge in [-0.2, -0.15) is 0 Å². The van der Waals surface area contributed by atoms with Crippen molar-refractivity contribution in [2.24, 2.45) is 0 Å². The van der Waals surface area contributed by atoms with E-state index in [4.69, 9.17) is 0 Å². The second-order valence-electron chi connectivity index (χ2n) is 5.18. The SMILES string of the molecule is CCNc1c(NC(=O)CN2CCCC2=O)cnc2ccsc12. The first-order valence-electron chi connectivity index (χ1n) is 7.36. The Bertz CT molecular complexity index is 713. The number of carbonyl (C=O) groups is 2. The van der Waals surface area contributed by atoms with Crippen molar-refractivity contribution in [3.8, 4) is 0 Å². The van der Waals surface area contributed by atoms with Crippen molar-refractivity contribution in [3.63, 3.8) is 0 Å². The lowest BCUT2D eigenvalue weighted by molar-refractivity contribution is -0.131. The van der Waals surface area contributed by atoms with Crippen LogP contribution in [0.4, 0.5) is 11.4 Å². The van der Waals surface area contributed by atoms with Gasteiger partial charge < -0.3 is 15.5 Å². The molecule has 1 saturated heterocycles. The number of nitrogens with one attached hydrogen (secondary N) is 2. The molecule has 0 unspecified atom stereocenters. The van der Waals surface area contributed by atoms with E-state index in [9.17, 15) is 9.59 Å². The van der Waals surface area contributed by atoms with E-state index in [1.807, 2.05) is 18.4 Å². The Morgan fingerprint density at radius 1 is 1.50 bits per heavy atom. The molecule has 0 saturated carbocycles. The topological polar surface area (TPSA) is 74.3 Å². The lowest BCUT2D eigenvalue weighted by Crippen LogP contribution is -2.34. The van der Waals surface area contributed by atoms with Gasteiger partial charge in [-0.25, -0.2) is 0 Å². The van der Waals surface area contributed by atoms with Crippen LogP contribution in [-0.2, 0) is 9.59 Å². The van der Waals surface area contributed by atoms with Gasteiger partial charge in [0.1, 0.15) is 0 Å². The molecule has 2 N–H and O–H groups in total. The van der Waals surface area contributed by atoms with Crippen molar-refractivity contribution in [3.05, 3.63) is 17.6 Å². The number of hydrogen-bond donors (Lipinski definition) is 2. The standard InChI is InChI=1S/C15H18N4O2S/c1-2-16-14-11(8-17-10-5-7-22-15(10)14)18-12(20)9-19-6-3-4-13(19)21/h5,7-8H,2-4,6,9H2,1H3,(H,16,17)(H,18,20). The highest BCUT2D eigenvalue weighted by atomic mass is 32.1. The number of likely N-dealkylation sites (tertiary alicyclic amines) is 1. The van der Waals surface area contributed by atoms with E-state index in [0.29, 0.717) is 18.7 Å². The average Bonchev–Trinajstić information content (AvgIpc) is 3.11. The summed E-state index contributed by atoms with van der Waals surface area (Å²) in [7, 11) is 0. The Labute approximate surface area is 132 Å². The molecule has 1 aliphatic rings. The fourth-order valence-electron chi connectivity index (χ4n) is 2.59. The molecule has 7 heteroatoms. The average molecular weight is 318 g/mol. The fourth-order valence-corrected chi connectivity index (χ4v) is 3.47. The summed E-state index contributed by atoms with van der Waals surface area (Å²) in [6, 6.07) is 1.95. The summed E-state index contributed by atoms with van der Waals surface area (Å²) in [4.78, 5) is 29.7. The number of pyridine rings is 1. The van der Waals surface area contributed by atoms with Crippen molar-refractivity contribution in [2.45, 2.75) is 19.8 Å². The Balaban J connectivity index is 1.78. The normalized spacial score (nSPS) is 14.6. The molecule has 2 aromatic rings. The van der Waals surface area contributed by atoms with Crippen molar-refractivity contribution in [1.29, 1.82) is 0 Å². The van der Waals surface area contributed by atoms with Crippen LogP contribution in [0.25, 0.3) is 10.2 Å². The zero-order chi connectivity index (χ0) is 15.5. The smallest absolute Gasteiger partial charge is 0.244 e. The molecule has 0 aromatic carbocycles. The Morgan fingerprint density at radius 3 is 3.09 bits per heavy atom. The van der Waals surface area contributed by atoms with E-state index >= 15 is 0 Å². The molecule has 0 bridgehead atoms. The molecule has 0 radical (unpaired) electrons. The third-order valence-electron chi connectivity index (χ3n) is 3.61. The lowest BCUT2D eigenvalue weighted by atomic mass is 10.3. The summed E-state index contributed by atoms with van der Waals surface area (Å²) in [6.45, 7) is 3.53. The molecule has 22 heavy (non-hydrogen) atoms. The van der Waals surface area contributed by atoms with E-state index in [1.165, 1.54) is 0 Å². The second-order valence-corrected chi connectivity index (χ2v) is 6.10. The molecular weight excluding hydrogens is 300 g/mol. The fraction of sp³-hybridized carbons (Fsp3) is 0.400. The van der Waals surface area contributed by atoms with E-state index in [1.54, 1.807) is 22.4 Å². The van der Waals surface area contributed by atoms with Gasteiger partial charge in [-0.05, 0) is 24.8 Å². The summed E-state index contributed by atoms with van der Waals surface area (Å²) in [5.41, 5.74) is 2.46. The molecule has 2 amide bonds. The highest BCUT2D eigenvalue weighted by molar-refractivity contribution is 7.17. The van der Waals surface area contributed by atoms with Gasteiger partial charge >= 0.3 is 0 Å². The minimum absolute atomic E-state index is 0.0499. The number of nitrogens with zero attached hydrogens (tertiary/aromatic N) is 2. The van der Waals surface area contributed by atoms with Crippen LogP contribution >= 0.6 is 11.3 Å². The number of anilines is 2. The van der Waals surface area contributed by atoms with Gasteiger partial charge in [0.25, 0.3) is 0 Å². The lowest BCUT2D eigenvalue weighted by Gasteiger charge is -2.17. The molecule has 116 valence electrons. The van der Waals surface area contributed by atoms with Gasteiger partial charge in [0, 0.05) is 19.5 Å². The van der Waals surface area contributed by atoms with E-state index in [0.717, 1.165) is 28.9 Å². The molecule has 1 aliphatic heterocycles.